The minimum absolute atomic E-state index is 0.314. The van der Waals surface area contributed by atoms with Crippen molar-refractivity contribution in [2.24, 2.45) is 10.2 Å². The molecular formula is C18H18N2O3. The van der Waals surface area contributed by atoms with Crippen LogP contribution in [0.5, 0.6) is 5.75 Å². The molecule has 0 spiro atoms. The molecule has 0 heterocycles. The Morgan fingerprint density at radius 3 is 2.26 bits per heavy atom. The van der Waals surface area contributed by atoms with Crippen LogP contribution in [0.2, 0.25) is 0 Å². The van der Waals surface area contributed by atoms with Gasteiger partial charge >= 0.3 is 5.97 Å². The topological polar surface area (TPSA) is 60.2 Å². The lowest BCUT2D eigenvalue weighted by atomic mass is 10.3. The van der Waals surface area contributed by atoms with E-state index in [0.717, 1.165) is 23.2 Å². The molecule has 0 aliphatic rings. The van der Waals surface area contributed by atoms with Gasteiger partial charge in [-0.15, -0.1) is 0 Å². The maximum absolute atomic E-state index is 10.8. The summed E-state index contributed by atoms with van der Waals surface area (Å²) in [7, 11) is 0. The Kier molecular flexibility index (Phi) is 6.53. The first-order valence-electron chi connectivity index (χ1n) is 7.27. The van der Waals surface area contributed by atoms with Crippen molar-refractivity contribution in [1.29, 1.82) is 0 Å². The van der Waals surface area contributed by atoms with Crippen molar-refractivity contribution >= 4 is 17.3 Å². The summed E-state index contributed by atoms with van der Waals surface area (Å²) in [5, 5.41) is 8.30. The third-order valence-corrected chi connectivity index (χ3v) is 2.84. The standard InChI is InChI=1S/C18H18N2O3/c1-2-18(21)23-14-6-13-22-17-11-9-16(10-12-17)20-19-15-7-4-3-5-8-15/h2-5,7-12H,1,6,13-14H2. The zero-order valence-corrected chi connectivity index (χ0v) is 12.7. The van der Waals surface area contributed by atoms with Gasteiger partial charge in [-0.2, -0.15) is 10.2 Å². The second-order valence-corrected chi connectivity index (χ2v) is 4.60. The van der Waals surface area contributed by atoms with Crippen LogP contribution in [-0.2, 0) is 9.53 Å². The molecule has 0 aliphatic carbocycles. The van der Waals surface area contributed by atoms with Gasteiger partial charge < -0.3 is 9.47 Å². The quantitative estimate of drug-likeness (QED) is 0.310. The molecule has 0 fully saturated rings. The third-order valence-electron chi connectivity index (χ3n) is 2.84. The highest BCUT2D eigenvalue weighted by molar-refractivity contribution is 5.81. The minimum atomic E-state index is -0.418. The van der Waals surface area contributed by atoms with Crippen LogP contribution in [0.3, 0.4) is 0 Å². The van der Waals surface area contributed by atoms with Crippen LogP contribution in [0.15, 0.2) is 77.5 Å². The third kappa shape index (κ3) is 6.13. The number of hydrogen-bond acceptors (Lipinski definition) is 5. The number of benzene rings is 2. The zero-order valence-electron chi connectivity index (χ0n) is 12.7. The molecule has 2 rings (SSSR count). The molecule has 0 aliphatic heterocycles. The van der Waals surface area contributed by atoms with Crippen molar-refractivity contribution in [3.05, 3.63) is 67.3 Å². The van der Waals surface area contributed by atoms with Gasteiger partial charge in [0.25, 0.3) is 0 Å². The van der Waals surface area contributed by atoms with Gasteiger partial charge in [-0.25, -0.2) is 4.79 Å². The maximum Gasteiger partial charge on any atom is 0.330 e. The lowest BCUT2D eigenvalue weighted by molar-refractivity contribution is -0.137. The summed E-state index contributed by atoms with van der Waals surface area (Å²) in [5.41, 5.74) is 1.56. The highest BCUT2D eigenvalue weighted by Gasteiger charge is 1.97. The van der Waals surface area contributed by atoms with Gasteiger partial charge in [0.2, 0.25) is 0 Å². The summed E-state index contributed by atoms with van der Waals surface area (Å²) in [5.74, 6) is 0.317. The van der Waals surface area contributed by atoms with Crippen LogP contribution in [0, 0.1) is 0 Å². The SMILES string of the molecule is C=CC(=O)OCCCOc1ccc(N=Nc2ccccc2)cc1. The van der Waals surface area contributed by atoms with E-state index in [2.05, 4.69) is 16.8 Å². The molecule has 0 N–H and O–H groups in total. The van der Waals surface area contributed by atoms with E-state index < -0.39 is 5.97 Å². The summed E-state index contributed by atoms with van der Waals surface area (Å²) in [6, 6.07) is 16.9. The fourth-order valence-electron chi connectivity index (χ4n) is 1.70. The predicted molar refractivity (Wildman–Crippen MR) is 88.3 cm³/mol. The van der Waals surface area contributed by atoms with E-state index >= 15 is 0 Å². The minimum Gasteiger partial charge on any atom is -0.493 e. The van der Waals surface area contributed by atoms with Gasteiger partial charge in [0.05, 0.1) is 24.6 Å². The highest BCUT2D eigenvalue weighted by Crippen LogP contribution is 2.21. The van der Waals surface area contributed by atoms with Crippen LogP contribution >= 0.6 is 0 Å². The molecule has 118 valence electrons. The fraction of sp³-hybridized carbons (Fsp3) is 0.167. The first kappa shape index (κ1) is 16.4. The van der Waals surface area contributed by atoms with Gasteiger partial charge in [0, 0.05) is 12.5 Å². The van der Waals surface area contributed by atoms with E-state index in [0.29, 0.717) is 19.6 Å². The van der Waals surface area contributed by atoms with Gasteiger partial charge in [0.1, 0.15) is 5.75 Å². The molecule has 2 aromatic rings. The fourth-order valence-corrected chi connectivity index (χ4v) is 1.70. The van der Waals surface area contributed by atoms with E-state index in [9.17, 15) is 4.79 Å². The molecule has 0 bridgehead atoms. The maximum atomic E-state index is 10.8. The average Bonchev–Trinajstić information content (AvgIpc) is 2.61. The molecular weight excluding hydrogens is 292 g/mol. The number of esters is 1. The first-order chi connectivity index (χ1) is 11.3. The Balaban J connectivity index is 1.75. The van der Waals surface area contributed by atoms with Crippen molar-refractivity contribution in [2.45, 2.75) is 6.42 Å². The number of hydrogen-bond donors (Lipinski definition) is 0. The molecule has 0 unspecified atom stereocenters. The van der Waals surface area contributed by atoms with Crippen molar-refractivity contribution in [1.82, 2.24) is 0 Å². The van der Waals surface area contributed by atoms with E-state index in [4.69, 9.17) is 9.47 Å². The van der Waals surface area contributed by atoms with Crippen molar-refractivity contribution in [3.63, 3.8) is 0 Å². The monoisotopic (exact) mass is 310 g/mol. The van der Waals surface area contributed by atoms with Gasteiger partial charge in [0.15, 0.2) is 0 Å². The average molecular weight is 310 g/mol. The van der Waals surface area contributed by atoms with Gasteiger partial charge in [-0.05, 0) is 36.4 Å². The molecule has 0 saturated heterocycles. The second kappa shape index (κ2) is 9.15. The molecule has 0 saturated carbocycles. The molecule has 0 radical (unpaired) electrons. The zero-order chi connectivity index (χ0) is 16.3. The smallest absolute Gasteiger partial charge is 0.330 e. The summed E-state index contributed by atoms with van der Waals surface area (Å²) in [6.07, 6.45) is 1.76. The van der Waals surface area contributed by atoms with Crippen molar-refractivity contribution in [2.75, 3.05) is 13.2 Å². The molecule has 0 atom stereocenters. The molecule has 0 amide bonds. The van der Waals surface area contributed by atoms with Crippen LogP contribution in [-0.4, -0.2) is 19.2 Å². The molecule has 2 aromatic carbocycles. The molecule has 23 heavy (non-hydrogen) atoms. The van der Waals surface area contributed by atoms with Crippen LogP contribution in [0.4, 0.5) is 11.4 Å². The van der Waals surface area contributed by atoms with Crippen molar-refractivity contribution in [3.8, 4) is 5.75 Å². The van der Waals surface area contributed by atoms with Gasteiger partial charge in [-0.3, -0.25) is 0 Å². The van der Waals surface area contributed by atoms with Crippen LogP contribution in [0.1, 0.15) is 6.42 Å². The summed E-state index contributed by atoms with van der Waals surface area (Å²) >= 11 is 0. The summed E-state index contributed by atoms with van der Waals surface area (Å²) in [4.78, 5) is 10.8. The summed E-state index contributed by atoms with van der Waals surface area (Å²) < 4.78 is 10.4. The Labute approximate surface area is 135 Å². The predicted octanol–water partition coefficient (Wildman–Crippen LogP) is 4.60. The second-order valence-electron chi connectivity index (χ2n) is 4.60. The number of azo groups is 1. The van der Waals surface area contributed by atoms with Gasteiger partial charge in [-0.1, -0.05) is 24.8 Å². The lowest BCUT2D eigenvalue weighted by Crippen LogP contribution is -2.06. The molecule has 5 nitrogen and oxygen atoms in total. The molecule has 5 heteroatoms. The normalized spacial score (nSPS) is 10.4. The summed E-state index contributed by atoms with van der Waals surface area (Å²) in [6.45, 7) is 4.11. The Bertz CT molecular complexity index is 652. The Morgan fingerprint density at radius 1 is 0.957 bits per heavy atom. The van der Waals surface area contributed by atoms with Crippen LogP contribution in [0.25, 0.3) is 0 Å². The molecule has 0 aromatic heterocycles. The van der Waals surface area contributed by atoms with E-state index in [1.54, 1.807) is 0 Å². The van der Waals surface area contributed by atoms with Crippen molar-refractivity contribution < 1.29 is 14.3 Å². The number of carbonyl (C=O) groups excluding carboxylic acids is 1. The first-order valence-corrected chi connectivity index (χ1v) is 7.27. The number of nitrogens with zero attached hydrogens (tertiary/aromatic N) is 2. The lowest BCUT2D eigenvalue weighted by Gasteiger charge is -2.06. The number of ether oxygens (including phenoxy) is 2. The van der Waals surface area contributed by atoms with E-state index in [-0.39, 0.29) is 0 Å². The van der Waals surface area contributed by atoms with E-state index in [1.165, 1.54) is 0 Å². The largest absolute Gasteiger partial charge is 0.493 e. The number of rotatable bonds is 8. The Hall–Kier alpha value is -2.95. The van der Waals surface area contributed by atoms with E-state index in [1.807, 2.05) is 54.6 Å². The Morgan fingerprint density at radius 2 is 1.61 bits per heavy atom. The highest BCUT2D eigenvalue weighted by atomic mass is 16.5. The number of carbonyl (C=O) groups is 1. The van der Waals surface area contributed by atoms with Crippen LogP contribution < -0.4 is 4.74 Å².